The summed E-state index contributed by atoms with van der Waals surface area (Å²) in [7, 11) is 2.18. The van der Waals surface area contributed by atoms with Crippen LogP contribution in [-0.4, -0.2) is 28.5 Å². The van der Waals surface area contributed by atoms with Crippen molar-refractivity contribution in [3.8, 4) is 22.4 Å². The molecule has 0 aliphatic carbocycles. The predicted octanol–water partition coefficient (Wildman–Crippen LogP) is 6.77. The first-order chi connectivity index (χ1) is 15.5. The van der Waals surface area contributed by atoms with Crippen molar-refractivity contribution < 1.29 is 0 Å². The van der Waals surface area contributed by atoms with Gasteiger partial charge in [-0.1, -0.05) is 61.0 Å². The Bertz CT molecular complexity index is 1090. The second-order valence-electron chi connectivity index (χ2n) is 8.81. The first kappa shape index (κ1) is 22.1. The van der Waals surface area contributed by atoms with Crippen LogP contribution in [0.4, 0.5) is 0 Å². The van der Waals surface area contributed by atoms with Crippen molar-refractivity contribution in [2.24, 2.45) is 0 Å². The molecule has 1 aromatic heterocycles. The third-order valence-corrected chi connectivity index (χ3v) is 6.49. The molecule has 1 unspecified atom stereocenters. The molecule has 1 aliphatic rings. The highest BCUT2D eigenvalue weighted by atomic mass is 15.2. The van der Waals surface area contributed by atoms with Crippen LogP contribution in [0.5, 0.6) is 0 Å². The van der Waals surface area contributed by atoms with E-state index in [1.165, 1.54) is 46.2 Å². The molecule has 1 atom stereocenters. The van der Waals surface area contributed by atoms with Gasteiger partial charge < -0.3 is 10.3 Å². The van der Waals surface area contributed by atoms with Crippen molar-refractivity contribution in [3.63, 3.8) is 0 Å². The van der Waals surface area contributed by atoms with E-state index in [4.69, 9.17) is 0 Å². The Morgan fingerprint density at radius 3 is 2.31 bits per heavy atom. The number of likely N-dealkylation sites (tertiary alicyclic amines) is 1. The van der Waals surface area contributed by atoms with Gasteiger partial charge in [0.25, 0.3) is 0 Å². The molecule has 1 saturated heterocycles. The second kappa shape index (κ2) is 10.0. The van der Waals surface area contributed by atoms with E-state index in [-0.39, 0.29) is 0 Å². The van der Waals surface area contributed by atoms with Crippen molar-refractivity contribution in [1.82, 2.24) is 20.2 Å². The summed E-state index contributed by atoms with van der Waals surface area (Å²) in [4.78, 5) is 10.6. The lowest BCUT2D eigenvalue weighted by Crippen LogP contribution is -2.18. The fourth-order valence-electron chi connectivity index (χ4n) is 4.17. The molecule has 4 nitrogen and oxygen atoms in total. The summed E-state index contributed by atoms with van der Waals surface area (Å²) < 4.78 is 0. The molecule has 0 bridgehead atoms. The number of aromatic nitrogens is 2. The molecule has 2 heterocycles. The first-order valence-electron chi connectivity index (χ1n) is 11.6. The molecule has 1 aliphatic heterocycles. The molecule has 2 aromatic carbocycles. The van der Waals surface area contributed by atoms with Crippen LogP contribution in [0.2, 0.25) is 0 Å². The van der Waals surface area contributed by atoms with Crippen molar-refractivity contribution in [2.45, 2.75) is 46.1 Å². The number of benzene rings is 2. The predicted molar refractivity (Wildman–Crippen MR) is 135 cm³/mol. The maximum atomic E-state index is 4.66. The lowest BCUT2D eigenvalue weighted by atomic mass is 10.00. The Kier molecular flexibility index (Phi) is 6.91. The Morgan fingerprint density at radius 2 is 1.69 bits per heavy atom. The number of hydrogen-bond donors (Lipinski definition) is 2. The molecule has 0 amide bonds. The highest BCUT2D eigenvalue weighted by Gasteiger charge is 2.25. The molecule has 32 heavy (non-hydrogen) atoms. The largest absolute Gasteiger partial charge is 0.367 e. The van der Waals surface area contributed by atoms with Crippen LogP contribution < -0.4 is 5.32 Å². The van der Waals surface area contributed by atoms with E-state index in [1.54, 1.807) is 0 Å². The highest BCUT2D eigenvalue weighted by molar-refractivity contribution is 5.71. The average Bonchev–Trinajstić information content (AvgIpc) is 3.48. The maximum Gasteiger partial charge on any atom is 0.123 e. The lowest BCUT2D eigenvalue weighted by molar-refractivity contribution is 0.307. The number of allylic oxidation sites excluding steroid dienone is 2. The van der Waals surface area contributed by atoms with Crippen molar-refractivity contribution in [1.29, 1.82) is 0 Å². The number of rotatable bonds is 7. The van der Waals surface area contributed by atoms with E-state index in [1.807, 2.05) is 6.20 Å². The number of nitrogens with zero attached hydrogens (tertiary/aromatic N) is 2. The number of aromatic amines is 1. The van der Waals surface area contributed by atoms with Gasteiger partial charge in [0.05, 0.1) is 17.9 Å². The molecule has 3 aromatic rings. The molecule has 1 fully saturated rings. The van der Waals surface area contributed by atoms with Gasteiger partial charge in [0.1, 0.15) is 5.82 Å². The Morgan fingerprint density at radius 1 is 1.03 bits per heavy atom. The third kappa shape index (κ3) is 5.03. The van der Waals surface area contributed by atoms with E-state index >= 15 is 0 Å². The number of imidazole rings is 1. The fraction of sp³-hybridized carbons (Fsp3) is 0.321. The summed E-state index contributed by atoms with van der Waals surface area (Å²) in [6, 6.07) is 17.9. The summed E-state index contributed by atoms with van der Waals surface area (Å²) in [5.41, 5.74) is 8.48. The summed E-state index contributed by atoms with van der Waals surface area (Å²) in [6.07, 6.45) is 9.57. The smallest absolute Gasteiger partial charge is 0.123 e. The van der Waals surface area contributed by atoms with E-state index in [2.05, 4.69) is 109 Å². The normalized spacial score (nSPS) is 17.7. The topological polar surface area (TPSA) is 44.0 Å². The molecular formula is C28H34N4. The fourth-order valence-corrected chi connectivity index (χ4v) is 4.17. The first-order valence-corrected chi connectivity index (χ1v) is 11.6. The Hall–Kier alpha value is -3.11. The maximum absolute atomic E-state index is 4.66. The van der Waals surface area contributed by atoms with Gasteiger partial charge >= 0.3 is 0 Å². The van der Waals surface area contributed by atoms with Gasteiger partial charge in [-0.05, 0) is 80.7 Å². The summed E-state index contributed by atoms with van der Waals surface area (Å²) in [6.45, 7) is 7.58. The Labute approximate surface area is 192 Å². The van der Waals surface area contributed by atoms with E-state index in [0.29, 0.717) is 6.04 Å². The van der Waals surface area contributed by atoms with Crippen LogP contribution >= 0.6 is 0 Å². The second-order valence-corrected chi connectivity index (χ2v) is 8.81. The van der Waals surface area contributed by atoms with Gasteiger partial charge in [-0.2, -0.15) is 0 Å². The van der Waals surface area contributed by atoms with E-state index in [9.17, 15) is 0 Å². The van der Waals surface area contributed by atoms with E-state index in [0.717, 1.165) is 24.5 Å². The number of H-pyrrole nitrogens is 1. The lowest BCUT2D eigenvalue weighted by Gasteiger charge is -2.16. The van der Waals surface area contributed by atoms with Gasteiger partial charge in [0, 0.05) is 6.20 Å². The van der Waals surface area contributed by atoms with Crippen molar-refractivity contribution in [2.75, 3.05) is 13.6 Å². The van der Waals surface area contributed by atoms with Crippen molar-refractivity contribution >= 4 is 5.57 Å². The summed E-state index contributed by atoms with van der Waals surface area (Å²) in [5.74, 6) is 1.08. The average molecular weight is 427 g/mol. The minimum absolute atomic E-state index is 0.418. The molecule has 0 radical (unpaired) electrons. The molecular weight excluding hydrogens is 392 g/mol. The zero-order valence-electron chi connectivity index (χ0n) is 19.7. The quantitative estimate of drug-likeness (QED) is 0.438. The number of nitrogens with one attached hydrogen (secondary N) is 2. The molecule has 166 valence electrons. The van der Waals surface area contributed by atoms with Crippen LogP contribution in [0.15, 0.2) is 72.7 Å². The van der Waals surface area contributed by atoms with Gasteiger partial charge in [0.15, 0.2) is 0 Å². The zero-order chi connectivity index (χ0) is 22.5. The van der Waals surface area contributed by atoms with Gasteiger partial charge in [0.2, 0.25) is 0 Å². The van der Waals surface area contributed by atoms with Crippen LogP contribution in [-0.2, 0) is 0 Å². The monoisotopic (exact) mass is 426 g/mol. The summed E-state index contributed by atoms with van der Waals surface area (Å²) >= 11 is 0. The molecule has 4 heteroatoms. The number of hydrogen-bond acceptors (Lipinski definition) is 3. The van der Waals surface area contributed by atoms with Crippen LogP contribution in [0.1, 0.15) is 57.5 Å². The third-order valence-electron chi connectivity index (χ3n) is 6.49. The summed E-state index contributed by atoms with van der Waals surface area (Å²) in [5, 5.41) is 3.29. The van der Waals surface area contributed by atoms with Crippen LogP contribution in [0.25, 0.3) is 28.0 Å². The molecule has 4 rings (SSSR count). The zero-order valence-corrected chi connectivity index (χ0v) is 19.7. The van der Waals surface area contributed by atoms with Crippen LogP contribution in [0.3, 0.4) is 0 Å². The van der Waals surface area contributed by atoms with Gasteiger partial charge in [-0.15, -0.1) is 0 Å². The SMILES string of the molecule is CC/C(C)=C\N/C=C(\C)c1ccc(-c2ccc(-c3cnc(C4CCCN4C)[nH]3)cc2)cc1. The minimum atomic E-state index is 0.418. The standard InChI is InChI=1S/C28H34N4/c1-5-20(2)17-29-18-21(3)22-8-10-23(11-9-22)24-12-14-25(15-13-24)26-19-30-28(31-26)27-7-6-16-32(27)4/h8-15,17-19,27,29H,5-7,16H2,1-4H3,(H,30,31)/b20-17-,21-18+. The molecule has 0 spiro atoms. The minimum Gasteiger partial charge on any atom is -0.367 e. The Balaban J connectivity index is 1.44. The van der Waals surface area contributed by atoms with Crippen molar-refractivity contribution in [3.05, 3.63) is 84.1 Å². The molecule has 2 N–H and O–H groups in total. The van der Waals surface area contributed by atoms with Gasteiger partial charge in [-0.3, -0.25) is 4.90 Å². The van der Waals surface area contributed by atoms with E-state index < -0.39 is 0 Å². The highest BCUT2D eigenvalue weighted by Crippen LogP contribution is 2.30. The van der Waals surface area contributed by atoms with Crippen LogP contribution in [0, 0.1) is 0 Å². The van der Waals surface area contributed by atoms with Gasteiger partial charge in [-0.25, -0.2) is 4.98 Å². The molecule has 0 saturated carbocycles.